The lowest BCUT2D eigenvalue weighted by Crippen LogP contribution is -2.23. The van der Waals surface area contributed by atoms with Crippen LogP contribution < -0.4 is 5.32 Å². The molecule has 0 saturated carbocycles. The lowest BCUT2D eigenvalue weighted by molar-refractivity contribution is 0.261. The van der Waals surface area contributed by atoms with Gasteiger partial charge in [-0.2, -0.15) is 4.98 Å². The third kappa shape index (κ3) is 3.88. The van der Waals surface area contributed by atoms with E-state index in [2.05, 4.69) is 38.3 Å². The van der Waals surface area contributed by atoms with Crippen LogP contribution in [0.2, 0.25) is 0 Å². The minimum absolute atomic E-state index is 0.503. The number of aromatic nitrogens is 3. The molecule has 4 heterocycles. The molecule has 7 nitrogen and oxygen atoms in total. The number of pyridine rings is 1. The van der Waals surface area contributed by atoms with Gasteiger partial charge in [0.1, 0.15) is 5.82 Å². The standard InChI is InChI=1S/C18H21N5O2/c1-13-4-6-19-16(9-13)20-10-14-5-7-23(11-14)12-17-21-18(22-25-17)15-3-2-8-24-15/h2-4,6,8-9,14H,5,7,10-12H2,1H3,(H,19,20)/t14-/m0/s1. The summed E-state index contributed by atoms with van der Waals surface area (Å²) in [5.74, 6) is 3.29. The van der Waals surface area contributed by atoms with Gasteiger partial charge in [-0.15, -0.1) is 0 Å². The molecule has 3 aromatic heterocycles. The fraction of sp³-hybridized carbons (Fsp3) is 0.389. The summed E-state index contributed by atoms with van der Waals surface area (Å²) in [6.45, 7) is 5.72. The maximum atomic E-state index is 5.34. The van der Waals surface area contributed by atoms with E-state index in [1.165, 1.54) is 5.56 Å². The summed E-state index contributed by atoms with van der Waals surface area (Å²) in [7, 11) is 0. The SMILES string of the molecule is Cc1ccnc(NC[C@@H]2CCN(Cc3nc(-c4ccco4)no3)C2)c1. The predicted octanol–water partition coefficient (Wildman–Crippen LogP) is 2.97. The van der Waals surface area contributed by atoms with E-state index in [1.807, 2.05) is 24.4 Å². The molecule has 25 heavy (non-hydrogen) atoms. The van der Waals surface area contributed by atoms with Crippen molar-refractivity contribution < 1.29 is 8.94 Å². The van der Waals surface area contributed by atoms with Crippen LogP contribution in [0, 0.1) is 12.8 Å². The third-order valence-electron chi connectivity index (χ3n) is 4.43. The Kier molecular flexibility index (Phi) is 4.47. The lowest BCUT2D eigenvalue weighted by Gasteiger charge is -2.14. The first-order valence-corrected chi connectivity index (χ1v) is 8.51. The van der Waals surface area contributed by atoms with E-state index in [4.69, 9.17) is 8.94 Å². The summed E-state index contributed by atoms with van der Waals surface area (Å²) in [4.78, 5) is 11.1. The lowest BCUT2D eigenvalue weighted by atomic mass is 10.1. The van der Waals surface area contributed by atoms with Crippen molar-refractivity contribution in [2.45, 2.75) is 19.9 Å². The van der Waals surface area contributed by atoms with Crippen molar-refractivity contribution in [3.63, 3.8) is 0 Å². The van der Waals surface area contributed by atoms with Crippen LogP contribution in [0.3, 0.4) is 0 Å². The summed E-state index contributed by atoms with van der Waals surface area (Å²) < 4.78 is 10.6. The molecule has 4 rings (SSSR count). The minimum Gasteiger partial charge on any atom is -0.461 e. The Labute approximate surface area is 146 Å². The molecule has 7 heteroatoms. The number of likely N-dealkylation sites (tertiary alicyclic amines) is 1. The second-order valence-electron chi connectivity index (χ2n) is 6.48. The molecule has 130 valence electrons. The topological polar surface area (TPSA) is 80.2 Å². The van der Waals surface area contributed by atoms with Crippen molar-refractivity contribution in [1.82, 2.24) is 20.0 Å². The van der Waals surface area contributed by atoms with Gasteiger partial charge < -0.3 is 14.3 Å². The van der Waals surface area contributed by atoms with Gasteiger partial charge in [-0.25, -0.2) is 4.98 Å². The van der Waals surface area contributed by atoms with Crippen LogP contribution in [0.15, 0.2) is 45.7 Å². The molecule has 0 aliphatic carbocycles. The van der Waals surface area contributed by atoms with E-state index in [-0.39, 0.29) is 0 Å². The first kappa shape index (κ1) is 15.8. The Bertz CT molecular complexity index is 815. The molecule has 0 bridgehead atoms. The zero-order chi connectivity index (χ0) is 17.1. The van der Waals surface area contributed by atoms with Crippen molar-refractivity contribution in [3.8, 4) is 11.6 Å². The van der Waals surface area contributed by atoms with Crippen molar-refractivity contribution >= 4 is 5.82 Å². The number of anilines is 1. The quantitative estimate of drug-likeness (QED) is 0.739. The molecule has 1 N–H and O–H groups in total. The predicted molar refractivity (Wildman–Crippen MR) is 92.8 cm³/mol. The highest BCUT2D eigenvalue weighted by atomic mass is 16.5. The summed E-state index contributed by atoms with van der Waals surface area (Å²) in [5.41, 5.74) is 1.22. The van der Waals surface area contributed by atoms with Gasteiger partial charge in [-0.05, 0) is 55.6 Å². The second-order valence-corrected chi connectivity index (χ2v) is 6.48. The molecule has 1 saturated heterocycles. The smallest absolute Gasteiger partial charge is 0.241 e. The molecule has 1 aliphatic heterocycles. The molecule has 0 amide bonds. The number of nitrogens with zero attached hydrogens (tertiary/aromatic N) is 4. The van der Waals surface area contributed by atoms with Crippen molar-refractivity contribution in [2.75, 3.05) is 25.0 Å². The average Bonchev–Trinajstić information content (AvgIpc) is 3.35. The second kappa shape index (κ2) is 7.06. The van der Waals surface area contributed by atoms with E-state index < -0.39 is 0 Å². The number of hydrogen-bond donors (Lipinski definition) is 1. The highest BCUT2D eigenvalue weighted by Crippen LogP contribution is 2.21. The molecule has 0 aromatic carbocycles. The van der Waals surface area contributed by atoms with Crippen LogP contribution >= 0.6 is 0 Å². The van der Waals surface area contributed by atoms with Gasteiger partial charge in [-0.3, -0.25) is 4.90 Å². The number of nitrogens with one attached hydrogen (secondary N) is 1. The third-order valence-corrected chi connectivity index (χ3v) is 4.43. The van der Waals surface area contributed by atoms with Crippen LogP contribution in [-0.2, 0) is 6.54 Å². The Morgan fingerprint density at radius 3 is 3.16 bits per heavy atom. The minimum atomic E-state index is 0.503. The van der Waals surface area contributed by atoms with E-state index in [9.17, 15) is 0 Å². The summed E-state index contributed by atoms with van der Waals surface area (Å²) >= 11 is 0. The Morgan fingerprint density at radius 2 is 2.32 bits per heavy atom. The van der Waals surface area contributed by atoms with Gasteiger partial charge in [0.25, 0.3) is 0 Å². The Hall–Kier alpha value is -2.67. The van der Waals surface area contributed by atoms with E-state index in [0.29, 0.717) is 29.9 Å². The molecular weight excluding hydrogens is 318 g/mol. The van der Waals surface area contributed by atoms with E-state index in [1.54, 1.807) is 6.26 Å². The van der Waals surface area contributed by atoms with Crippen molar-refractivity contribution in [3.05, 3.63) is 48.2 Å². The van der Waals surface area contributed by atoms with Crippen LogP contribution in [-0.4, -0.2) is 39.7 Å². The Morgan fingerprint density at radius 1 is 1.36 bits per heavy atom. The zero-order valence-corrected chi connectivity index (χ0v) is 14.2. The van der Waals surface area contributed by atoms with Gasteiger partial charge >= 0.3 is 0 Å². The van der Waals surface area contributed by atoms with Crippen LogP contribution in [0.1, 0.15) is 17.9 Å². The molecule has 0 unspecified atom stereocenters. The van der Waals surface area contributed by atoms with Crippen LogP contribution in [0.5, 0.6) is 0 Å². The average molecular weight is 339 g/mol. The zero-order valence-electron chi connectivity index (χ0n) is 14.2. The first-order chi connectivity index (χ1) is 12.3. The number of aryl methyl sites for hydroxylation is 1. The molecule has 1 atom stereocenters. The highest BCUT2D eigenvalue weighted by molar-refractivity contribution is 5.44. The largest absolute Gasteiger partial charge is 0.461 e. The monoisotopic (exact) mass is 339 g/mol. The molecule has 3 aromatic rings. The molecule has 0 spiro atoms. The van der Waals surface area contributed by atoms with Gasteiger partial charge in [-0.1, -0.05) is 5.16 Å². The maximum Gasteiger partial charge on any atom is 0.241 e. The Balaban J connectivity index is 1.28. The number of rotatable bonds is 6. The van der Waals surface area contributed by atoms with E-state index in [0.717, 1.165) is 31.9 Å². The molecule has 0 radical (unpaired) electrons. The first-order valence-electron chi connectivity index (χ1n) is 8.51. The summed E-state index contributed by atoms with van der Waals surface area (Å²) in [6, 6.07) is 7.71. The summed E-state index contributed by atoms with van der Waals surface area (Å²) in [5, 5.41) is 7.41. The highest BCUT2D eigenvalue weighted by Gasteiger charge is 2.24. The fourth-order valence-electron chi connectivity index (χ4n) is 3.12. The van der Waals surface area contributed by atoms with Crippen molar-refractivity contribution in [1.29, 1.82) is 0 Å². The van der Waals surface area contributed by atoms with Gasteiger partial charge in [0.15, 0.2) is 5.76 Å². The summed E-state index contributed by atoms with van der Waals surface area (Å²) in [6.07, 6.45) is 4.59. The molecule has 1 aliphatic rings. The van der Waals surface area contributed by atoms with Gasteiger partial charge in [0.2, 0.25) is 11.7 Å². The normalized spacial score (nSPS) is 17.9. The van der Waals surface area contributed by atoms with E-state index >= 15 is 0 Å². The molecule has 1 fully saturated rings. The maximum absolute atomic E-state index is 5.34. The molecular formula is C18H21N5O2. The van der Waals surface area contributed by atoms with Crippen LogP contribution in [0.25, 0.3) is 11.6 Å². The number of hydrogen-bond acceptors (Lipinski definition) is 7. The van der Waals surface area contributed by atoms with Gasteiger partial charge in [0, 0.05) is 19.3 Å². The van der Waals surface area contributed by atoms with Crippen molar-refractivity contribution in [2.24, 2.45) is 5.92 Å². The van der Waals surface area contributed by atoms with Crippen LogP contribution in [0.4, 0.5) is 5.82 Å². The fourth-order valence-corrected chi connectivity index (χ4v) is 3.12. The number of furan rings is 1. The van der Waals surface area contributed by atoms with Gasteiger partial charge in [0.05, 0.1) is 12.8 Å².